The van der Waals surface area contributed by atoms with Crippen molar-refractivity contribution in [1.29, 1.82) is 0 Å². The number of hydrogen-bond acceptors (Lipinski definition) is 2. The topological polar surface area (TPSA) is 34.1 Å². The predicted molar refractivity (Wildman–Crippen MR) is 55.9 cm³/mol. The largest absolute Gasteiger partial charge is 0.303 e. The molecule has 1 saturated carbocycles. The third-order valence-corrected chi connectivity index (χ3v) is 3.72. The van der Waals surface area contributed by atoms with Gasteiger partial charge in [-0.05, 0) is 37.5 Å². The van der Waals surface area contributed by atoms with Crippen LogP contribution in [0.2, 0.25) is 0 Å². The minimum atomic E-state index is 0.213. The molecule has 1 rings (SSSR count). The summed E-state index contributed by atoms with van der Waals surface area (Å²) in [6.45, 7) is 4.24. The summed E-state index contributed by atoms with van der Waals surface area (Å²) in [6, 6.07) is 0. The molecule has 0 aromatic carbocycles. The smallest absolute Gasteiger partial charge is 0.123 e. The van der Waals surface area contributed by atoms with Gasteiger partial charge in [0.15, 0.2) is 0 Å². The summed E-state index contributed by atoms with van der Waals surface area (Å²) in [5.41, 5.74) is 0. The predicted octanol–water partition coefficient (Wildman–Crippen LogP) is 2.46. The highest BCUT2D eigenvalue weighted by molar-refractivity contribution is 5.55. The molecule has 0 spiro atoms. The molecule has 1 aliphatic rings. The van der Waals surface area contributed by atoms with E-state index in [1.54, 1.807) is 0 Å². The molecule has 4 atom stereocenters. The van der Waals surface area contributed by atoms with Gasteiger partial charge in [-0.25, -0.2) is 0 Å². The Balaban J connectivity index is 2.59. The zero-order chi connectivity index (χ0) is 10.6. The molecule has 2 nitrogen and oxygen atoms in total. The highest BCUT2D eigenvalue weighted by atomic mass is 16.1. The summed E-state index contributed by atoms with van der Waals surface area (Å²) in [5, 5.41) is 0. The van der Waals surface area contributed by atoms with E-state index < -0.39 is 0 Å². The molecule has 80 valence electrons. The second-order valence-corrected chi connectivity index (χ2v) is 4.71. The molecule has 0 aliphatic heterocycles. The van der Waals surface area contributed by atoms with Crippen molar-refractivity contribution in [2.24, 2.45) is 23.7 Å². The molecule has 4 unspecified atom stereocenters. The summed E-state index contributed by atoms with van der Waals surface area (Å²) in [7, 11) is 0. The van der Waals surface area contributed by atoms with E-state index in [1.807, 2.05) is 0 Å². The van der Waals surface area contributed by atoms with Gasteiger partial charge >= 0.3 is 0 Å². The first-order valence-corrected chi connectivity index (χ1v) is 5.59. The lowest BCUT2D eigenvalue weighted by molar-refractivity contribution is -0.114. The van der Waals surface area contributed by atoms with Crippen LogP contribution in [0.25, 0.3) is 0 Å². The Labute approximate surface area is 86.1 Å². The fraction of sp³-hybridized carbons (Fsp3) is 0.833. The van der Waals surface area contributed by atoms with Gasteiger partial charge in [0, 0.05) is 11.8 Å². The molecular weight excluding hydrogens is 176 g/mol. The van der Waals surface area contributed by atoms with E-state index in [1.165, 1.54) is 0 Å². The van der Waals surface area contributed by atoms with Crippen LogP contribution in [0.4, 0.5) is 0 Å². The Kier molecular flexibility index (Phi) is 4.30. The Morgan fingerprint density at radius 2 is 1.14 bits per heavy atom. The molecule has 14 heavy (non-hydrogen) atoms. The molecule has 0 amide bonds. The van der Waals surface area contributed by atoms with Crippen LogP contribution in [-0.2, 0) is 9.59 Å². The average Bonchev–Trinajstić information content (AvgIpc) is 2.17. The summed E-state index contributed by atoms with van der Waals surface area (Å²) in [6.07, 6.45) is 6.12. The van der Waals surface area contributed by atoms with Crippen molar-refractivity contribution >= 4 is 12.6 Å². The molecule has 0 aromatic rings. The second-order valence-electron chi connectivity index (χ2n) is 4.71. The number of carbonyl (C=O) groups is 2. The van der Waals surface area contributed by atoms with E-state index in [9.17, 15) is 9.59 Å². The van der Waals surface area contributed by atoms with Gasteiger partial charge in [-0.15, -0.1) is 0 Å². The Bertz CT molecular complexity index is 178. The highest BCUT2D eigenvalue weighted by Crippen LogP contribution is 2.31. The maximum Gasteiger partial charge on any atom is 0.123 e. The van der Waals surface area contributed by atoms with Gasteiger partial charge in [-0.3, -0.25) is 0 Å². The minimum absolute atomic E-state index is 0.213. The molecule has 0 heterocycles. The molecule has 0 saturated heterocycles. The first kappa shape index (κ1) is 11.4. The highest BCUT2D eigenvalue weighted by Gasteiger charge is 2.25. The van der Waals surface area contributed by atoms with Crippen LogP contribution in [0, 0.1) is 23.7 Å². The first-order valence-electron chi connectivity index (χ1n) is 5.59. The van der Waals surface area contributed by atoms with Crippen molar-refractivity contribution < 1.29 is 9.59 Å². The van der Waals surface area contributed by atoms with Crippen LogP contribution in [-0.4, -0.2) is 12.6 Å². The number of aldehydes is 2. The second kappa shape index (κ2) is 5.28. The van der Waals surface area contributed by atoms with Gasteiger partial charge < -0.3 is 9.59 Å². The van der Waals surface area contributed by atoms with Crippen molar-refractivity contribution in [3.05, 3.63) is 0 Å². The average molecular weight is 196 g/mol. The fourth-order valence-electron chi connectivity index (χ4n) is 2.31. The summed E-state index contributed by atoms with van der Waals surface area (Å²) in [4.78, 5) is 21.6. The molecule has 0 aromatic heterocycles. The van der Waals surface area contributed by atoms with Crippen LogP contribution < -0.4 is 0 Å². The van der Waals surface area contributed by atoms with E-state index >= 15 is 0 Å². The van der Waals surface area contributed by atoms with Crippen molar-refractivity contribution in [3.63, 3.8) is 0 Å². The standard InChI is InChI=1S/C12H20O2/c1-9-3-5-12(8-14)10(2)4-6-11(9)7-13/h7-12H,3-6H2,1-2H3. The van der Waals surface area contributed by atoms with E-state index in [0.29, 0.717) is 11.8 Å². The zero-order valence-electron chi connectivity index (χ0n) is 9.11. The fourth-order valence-corrected chi connectivity index (χ4v) is 2.31. The van der Waals surface area contributed by atoms with Crippen molar-refractivity contribution in [3.8, 4) is 0 Å². The monoisotopic (exact) mass is 196 g/mol. The summed E-state index contributed by atoms with van der Waals surface area (Å²) >= 11 is 0. The van der Waals surface area contributed by atoms with Gasteiger partial charge in [0.1, 0.15) is 12.6 Å². The van der Waals surface area contributed by atoms with Gasteiger partial charge in [-0.1, -0.05) is 13.8 Å². The van der Waals surface area contributed by atoms with Crippen molar-refractivity contribution in [1.82, 2.24) is 0 Å². The lowest BCUT2D eigenvalue weighted by Gasteiger charge is -2.28. The maximum absolute atomic E-state index is 10.8. The van der Waals surface area contributed by atoms with Crippen LogP contribution >= 0.6 is 0 Å². The van der Waals surface area contributed by atoms with E-state index in [4.69, 9.17) is 0 Å². The SMILES string of the molecule is CC1CCC(C=O)C(C)CCC1C=O. The van der Waals surface area contributed by atoms with Crippen molar-refractivity contribution in [2.45, 2.75) is 39.5 Å². The number of rotatable bonds is 2. The van der Waals surface area contributed by atoms with Crippen LogP contribution in [0.3, 0.4) is 0 Å². The van der Waals surface area contributed by atoms with Gasteiger partial charge in [0.25, 0.3) is 0 Å². The van der Waals surface area contributed by atoms with Crippen LogP contribution in [0.15, 0.2) is 0 Å². The molecule has 0 N–H and O–H groups in total. The van der Waals surface area contributed by atoms with Crippen LogP contribution in [0.5, 0.6) is 0 Å². The van der Waals surface area contributed by atoms with Crippen LogP contribution in [0.1, 0.15) is 39.5 Å². The van der Waals surface area contributed by atoms with Gasteiger partial charge in [0.2, 0.25) is 0 Å². The lowest BCUT2D eigenvalue weighted by atomic mass is 9.76. The lowest BCUT2D eigenvalue weighted by Crippen LogP contribution is -2.23. The van der Waals surface area contributed by atoms with Crippen molar-refractivity contribution in [2.75, 3.05) is 0 Å². The summed E-state index contributed by atoms with van der Waals surface area (Å²) in [5.74, 6) is 1.32. The molecule has 0 radical (unpaired) electrons. The zero-order valence-corrected chi connectivity index (χ0v) is 9.11. The molecular formula is C12H20O2. The third kappa shape index (κ3) is 2.66. The molecule has 0 bridgehead atoms. The number of hydrogen-bond donors (Lipinski definition) is 0. The maximum atomic E-state index is 10.8. The van der Waals surface area contributed by atoms with E-state index in [-0.39, 0.29) is 11.8 Å². The Morgan fingerprint density at radius 1 is 0.786 bits per heavy atom. The third-order valence-electron chi connectivity index (χ3n) is 3.72. The molecule has 1 fully saturated rings. The molecule has 1 aliphatic carbocycles. The molecule has 2 heteroatoms. The Hall–Kier alpha value is -0.660. The first-order chi connectivity index (χ1) is 6.69. The minimum Gasteiger partial charge on any atom is -0.303 e. The summed E-state index contributed by atoms with van der Waals surface area (Å²) < 4.78 is 0. The number of carbonyl (C=O) groups excluding carboxylic acids is 2. The van der Waals surface area contributed by atoms with Gasteiger partial charge in [0.05, 0.1) is 0 Å². The van der Waals surface area contributed by atoms with E-state index in [0.717, 1.165) is 38.3 Å². The normalized spacial score (nSPS) is 39.6. The Morgan fingerprint density at radius 3 is 1.43 bits per heavy atom. The van der Waals surface area contributed by atoms with E-state index in [2.05, 4.69) is 13.8 Å². The van der Waals surface area contributed by atoms with Gasteiger partial charge in [-0.2, -0.15) is 0 Å². The quantitative estimate of drug-likeness (QED) is 0.636.